The summed E-state index contributed by atoms with van der Waals surface area (Å²) in [5.41, 5.74) is 2.06. The van der Waals surface area contributed by atoms with Crippen molar-refractivity contribution in [3.8, 4) is 0 Å². The molecule has 1 heterocycles. The van der Waals surface area contributed by atoms with E-state index in [0.29, 0.717) is 12.1 Å². The topological polar surface area (TPSA) is 85.2 Å². The van der Waals surface area contributed by atoms with Crippen molar-refractivity contribution in [1.82, 2.24) is 20.4 Å². The second-order valence-corrected chi connectivity index (χ2v) is 5.08. The van der Waals surface area contributed by atoms with Crippen LogP contribution in [0.2, 0.25) is 0 Å². The number of methoxy groups -OCH3 is 1. The van der Waals surface area contributed by atoms with Gasteiger partial charge in [-0.25, -0.2) is 4.79 Å². The zero-order chi connectivity index (χ0) is 16.8. The molecule has 0 fully saturated rings. The van der Waals surface area contributed by atoms with Gasteiger partial charge in [-0.3, -0.25) is 9.48 Å². The number of nitrogens with one attached hydrogen (secondary N) is 2. The van der Waals surface area contributed by atoms with E-state index in [0.717, 1.165) is 11.1 Å². The van der Waals surface area contributed by atoms with Gasteiger partial charge in [-0.15, -0.1) is 0 Å². The van der Waals surface area contributed by atoms with Crippen molar-refractivity contribution >= 4 is 11.9 Å². The van der Waals surface area contributed by atoms with E-state index in [9.17, 15) is 9.59 Å². The zero-order valence-electron chi connectivity index (χ0n) is 13.4. The van der Waals surface area contributed by atoms with Gasteiger partial charge in [-0.1, -0.05) is 12.1 Å². The van der Waals surface area contributed by atoms with E-state index < -0.39 is 12.0 Å². The van der Waals surface area contributed by atoms with Gasteiger partial charge in [-0.2, -0.15) is 5.10 Å². The van der Waals surface area contributed by atoms with Crippen LogP contribution in [0, 0.1) is 0 Å². The van der Waals surface area contributed by atoms with Crippen molar-refractivity contribution in [2.75, 3.05) is 14.2 Å². The van der Waals surface area contributed by atoms with Crippen LogP contribution in [-0.4, -0.2) is 35.8 Å². The first-order chi connectivity index (χ1) is 11.0. The molecule has 0 aliphatic carbocycles. The Morgan fingerprint density at radius 3 is 2.78 bits per heavy atom. The lowest BCUT2D eigenvalue weighted by atomic mass is 10.1. The van der Waals surface area contributed by atoms with Crippen molar-refractivity contribution in [2.45, 2.75) is 12.6 Å². The maximum Gasteiger partial charge on any atom is 0.337 e. The van der Waals surface area contributed by atoms with Gasteiger partial charge in [0.15, 0.2) is 0 Å². The number of nitrogens with zero attached hydrogens (tertiary/aromatic N) is 2. The van der Waals surface area contributed by atoms with Crippen LogP contribution in [-0.2, 0) is 23.1 Å². The molecule has 0 aliphatic heterocycles. The number of amides is 1. The number of esters is 1. The summed E-state index contributed by atoms with van der Waals surface area (Å²) in [7, 11) is 4.85. The Morgan fingerprint density at radius 1 is 1.39 bits per heavy atom. The Morgan fingerprint density at radius 2 is 2.17 bits per heavy atom. The molecule has 7 nitrogen and oxygen atoms in total. The van der Waals surface area contributed by atoms with E-state index >= 15 is 0 Å². The van der Waals surface area contributed by atoms with Crippen molar-refractivity contribution in [3.63, 3.8) is 0 Å². The third-order valence-corrected chi connectivity index (χ3v) is 3.42. The summed E-state index contributed by atoms with van der Waals surface area (Å²) < 4.78 is 6.33. The largest absolute Gasteiger partial charge is 0.465 e. The first-order valence-electron chi connectivity index (χ1n) is 7.16. The van der Waals surface area contributed by atoms with E-state index in [-0.39, 0.29) is 5.91 Å². The van der Waals surface area contributed by atoms with Gasteiger partial charge in [0.25, 0.3) is 0 Å². The number of rotatable bonds is 6. The molecule has 0 spiro atoms. The fourth-order valence-corrected chi connectivity index (χ4v) is 2.26. The van der Waals surface area contributed by atoms with Gasteiger partial charge >= 0.3 is 5.97 Å². The molecule has 1 aromatic carbocycles. The number of hydrogen-bond acceptors (Lipinski definition) is 5. The van der Waals surface area contributed by atoms with Crippen LogP contribution in [0.25, 0.3) is 0 Å². The van der Waals surface area contributed by atoms with Crippen LogP contribution in [0.15, 0.2) is 36.7 Å². The summed E-state index contributed by atoms with van der Waals surface area (Å²) in [6.45, 7) is 0.322. The molecule has 2 N–H and O–H groups in total. The van der Waals surface area contributed by atoms with E-state index in [1.807, 2.05) is 6.07 Å². The Hall–Kier alpha value is -2.67. The van der Waals surface area contributed by atoms with Gasteiger partial charge in [0.05, 0.1) is 18.9 Å². The number of benzene rings is 1. The van der Waals surface area contributed by atoms with Crippen LogP contribution >= 0.6 is 0 Å². The van der Waals surface area contributed by atoms with Gasteiger partial charge < -0.3 is 15.4 Å². The highest BCUT2D eigenvalue weighted by Crippen LogP contribution is 2.12. The fraction of sp³-hybridized carbons (Fsp3) is 0.312. The summed E-state index contributed by atoms with van der Waals surface area (Å²) in [4.78, 5) is 23.8. The quantitative estimate of drug-likeness (QED) is 0.770. The summed E-state index contributed by atoms with van der Waals surface area (Å²) in [5.74, 6) is -0.564. The fourth-order valence-electron chi connectivity index (χ4n) is 2.26. The first-order valence-corrected chi connectivity index (χ1v) is 7.16. The lowest BCUT2D eigenvalue weighted by Crippen LogP contribution is -2.35. The molecule has 0 radical (unpaired) electrons. The minimum Gasteiger partial charge on any atom is -0.465 e. The van der Waals surface area contributed by atoms with E-state index in [2.05, 4.69) is 20.5 Å². The molecule has 122 valence electrons. The molecule has 0 bridgehead atoms. The molecule has 2 aromatic rings. The van der Waals surface area contributed by atoms with E-state index in [1.165, 1.54) is 7.11 Å². The second kappa shape index (κ2) is 7.55. The molecule has 0 aliphatic rings. The van der Waals surface area contributed by atoms with Gasteiger partial charge in [0.1, 0.15) is 6.04 Å². The van der Waals surface area contributed by atoms with Crippen LogP contribution < -0.4 is 10.6 Å². The maximum atomic E-state index is 12.3. The number of carbonyl (C=O) groups is 2. The summed E-state index contributed by atoms with van der Waals surface area (Å²) in [6.07, 6.45) is 3.44. The van der Waals surface area contributed by atoms with Crippen molar-refractivity contribution in [2.24, 2.45) is 7.05 Å². The molecule has 1 unspecified atom stereocenters. The van der Waals surface area contributed by atoms with Crippen LogP contribution in [0.5, 0.6) is 0 Å². The molecular formula is C16H20N4O3. The molecule has 0 saturated heterocycles. The predicted molar refractivity (Wildman–Crippen MR) is 84.6 cm³/mol. The Kier molecular flexibility index (Phi) is 5.48. The first kappa shape index (κ1) is 16.7. The highest BCUT2D eigenvalue weighted by atomic mass is 16.5. The average molecular weight is 316 g/mol. The van der Waals surface area contributed by atoms with Crippen LogP contribution in [0.1, 0.15) is 27.5 Å². The molecule has 2 rings (SSSR count). The molecule has 7 heteroatoms. The summed E-state index contributed by atoms with van der Waals surface area (Å²) in [6, 6.07) is 6.48. The number of carbonyl (C=O) groups excluding carboxylic acids is 2. The average Bonchev–Trinajstić information content (AvgIpc) is 2.99. The molecule has 1 aromatic heterocycles. The van der Waals surface area contributed by atoms with Gasteiger partial charge in [-0.05, 0) is 24.7 Å². The second-order valence-electron chi connectivity index (χ2n) is 5.08. The molecular weight excluding hydrogens is 296 g/mol. The number of aromatic nitrogens is 2. The standard InChI is InChI=1S/C16H20N4O3/c1-17-14(13-9-19-20(2)10-13)15(21)18-8-11-5-4-6-12(7-11)16(22)23-3/h4-7,9-10,14,17H,8H2,1-3H3,(H,18,21). The van der Waals surface area contributed by atoms with E-state index in [4.69, 9.17) is 0 Å². The molecule has 23 heavy (non-hydrogen) atoms. The van der Waals surface area contributed by atoms with Crippen LogP contribution in [0.3, 0.4) is 0 Å². The minimum atomic E-state index is -0.479. The smallest absolute Gasteiger partial charge is 0.337 e. The number of hydrogen-bond donors (Lipinski definition) is 2. The third kappa shape index (κ3) is 4.17. The van der Waals surface area contributed by atoms with Crippen molar-refractivity contribution in [3.05, 3.63) is 53.3 Å². The predicted octanol–water partition coefficient (Wildman–Crippen LogP) is 0.784. The SMILES string of the molecule is CNC(C(=O)NCc1cccc(C(=O)OC)c1)c1cnn(C)c1. The third-order valence-electron chi connectivity index (χ3n) is 3.42. The summed E-state index contributed by atoms with van der Waals surface area (Å²) >= 11 is 0. The number of ether oxygens (including phenoxy) is 1. The number of aryl methyl sites for hydroxylation is 1. The maximum absolute atomic E-state index is 12.3. The molecule has 0 saturated carbocycles. The Labute approximate surface area is 134 Å². The van der Waals surface area contributed by atoms with E-state index in [1.54, 1.807) is 49.4 Å². The highest BCUT2D eigenvalue weighted by molar-refractivity contribution is 5.89. The monoisotopic (exact) mass is 316 g/mol. The zero-order valence-corrected chi connectivity index (χ0v) is 13.4. The number of likely N-dealkylation sites (N-methyl/N-ethyl adjacent to an activating group) is 1. The minimum absolute atomic E-state index is 0.163. The Balaban J connectivity index is 2.02. The molecule has 1 atom stereocenters. The van der Waals surface area contributed by atoms with Crippen molar-refractivity contribution < 1.29 is 14.3 Å². The Bertz CT molecular complexity index is 696. The molecule has 1 amide bonds. The highest BCUT2D eigenvalue weighted by Gasteiger charge is 2.19. The lowest BCUT2D eigenvalue weighted by Gasteiger charge is -2.14. The normalized spacial score (nSPS) is 11.8. The van der Waals surface area contributed by atoms with Gasteiger partial charge in [0, 0.05) is 25.4 Å². The summed E-state index contributed by atoms with van der Waals surface area (Å²) in [5, 5.41) is 9.89. The van der Waals surface area contributed by atoms with Gasteiger partial charge in [0.2, 0.25) is 5.91 Å². The van der Waals surface area contributed by atoms with Crippen LogP contribution in [0.4, 0.5) is 0 Å². The lowest BCUT2D eigenvalue weighted by molar-refractivity contribution is -0.123. The van der Waals surface area contributed by atoms with Crippen molar-refractivity contribution in [1.29, 1.82) is 0 Å².